The highest BCUT2D eigenvalue weighted by atomic mass is 79.9. The Morgan fingerprint density at radius 1 is 1.03 bits per heavy atom. The summed E-state index contributed by atoms with van der Waals surface area (Å²) in [5.41, 5.74) is 4.43. The average molecular weight is 572 g/mol. The van der Waals surface area contributed by atoms with Crippen LogP contribution in [0, 0.1) is 0 Å². The molecule has 0 atom stereocenters. The van der Waals surface area contributed by atoms with Crippen LogP contribution in [0.5, 0.6) is 0 Å². The van der Waals surface area contributed by atoms with Crippen molar-refractivity contribution in [1.29, 1.82) is 0 Å². The predicted octanol–water partition coefficient (Wildman–Crippen LogP) is 5.15. The van der Waals surface area contributed by atoms with Crippen LogP contribution in [0.1, 0.15) is 5.56 Å². The van der Waals surface area contributed by atoms with Gasteiger partial charge in [-0.25, -0.2) is 10.4 Å². The van der Waals surface area contributed by atoms with E-state index in [1.54, 1.807) is 24.4 Å². The number of amides is 1. The standard InChI is InChI=1S/C23H16Br2N4O2S/c24-16-9-11-17(12-10-16)29-22(31)18-6-2-4-8-20(18)27-23(29)32-14-21(30)28-26-13-15-5-1-3-7-19(15)25/h1-13H,14H2,(H,28,30). The molecule has 32 heavy (non-hydrogen) atoms. The molecule has 4 rings (SSSR count). The number of rotatable bonds is 6. The lowest BCUT2D eigenvalue weighted by Crippen LogP contribution is -2.24. The first-order valence-electron chi connectivity index (χ1n) is 9.50. The summed E-state index contributed by atoms with van der Waals surface area (Å²) < 4.78 is 3.31. The van der Waals surface area contributed by atoms with E-state index in [1.807, 2.05) is 54.6 Å². The second-order valence-corrected chi connectivity index (χ2v) is 9.34. The van der Waals surface area contributed by atoms with E-state index in [-0.39, 0.29) is 17.2 Å². The quantitative estimate of drug-likeness (QED) is 0.150. The molecule has 0 unspecified atom stereocenters. The van der Waals surface area contributed by atoms with Crippen molar-refractivity contribution in [1.82, 2.24) is 15.0 Å². The summed E-state index contributed by atoms with van der Waals surface area (Å²) in [5.74, 6) is -0.253. The molecule has 0 radical (unpaired) electrons. The number of nitrogens with zero attached hydrogens (tertiary/aromatic N) is 3. The number of thioether (sulfide) groups is 1. The van der Waals surface area contributed by atoms with Crippen LogP contribution in [0.2, 0.25) is 0 Å². The van der Waals surface area contributed by atoms with Crippen LogP contribution in [-0.4, -0.2) is 27.4 Å². The minimum absolute atomic E-state index is 0.0502. The van der Waals surface area contributed by atoms with Gasteiger partial charge in [-0.3, -0.25) is 14.2 Å². The van der Waals surface area contributed by atoms with Crippen LogP contribution in [0.25, 0.3) is 16.6 Å². The molecule has 0 fully saturated rings. The fraction of sp³-hybridized carbons (Fsp3) is 0.0435. The minimum Gasteiger partial charge on any atom is -0.272 e. The fourth-order valence-electron chi connectivity index (χ4n) is 2.94. The Kier molecular flexibility index (Phi) is 7.19. The summed E-state index contributed by atoms with van der Waals surface area (Å²) in [6, 6.07) is 22.1. The van der Waals surface area contributed by atoms with E-state index >= 15 is 0 Å². The lowest BCUT2D eigenvalue weighted by Gasteiger charge is -2.13. The molecule has 0 aliphatic rings. The first-order valence-corrected chi connectivity index (χ1v) is 12.1. The zero-order valence-electron chi connectivity index (χ0n) is 16.5. The third-order valence-electron chi connectivity index (χ3n) is 4.46. The highest BCUT2D eigenvalue weighted by Crippen LogP contribution is 2.22. The van der Waals surface area contributed by atoms with Crippen LogP contribution in [0.4, 0.5) is 0 Å². The average Bonchev–Trinajstić information content (AvgIpc) is 2.80. The molecule has 0 saturated carbocycles. The van der Waals surface area contributed by atoms with Crippen molar-refractivity contribution in [3.63, 3.8) is 0 Å². The molecule has 1 amide bonds. The van der Waals surface area contributed by atoms with Gasteiger partial charge in [-0.1, -0.05) is 74.0 Å². The molecule has 1 heterocycles. The maximum absolute atomic E-state index is 13.2. The molecule has 4 aromatic rings. The number of nitrogens with one attached hydrogen (secondary N) is 1. The number of fused-ring (bicyclic) bond motifs is 1. The maximum Gasteiger partial charge on any atom is 0.266 e. The van der Waals surface area contributed by atoms with Crippen LogP contribution in [-0.2, 0) is 4.79 Å². The Bertz CT molecular complexity index is 1370. The lowest BCUT2D eigenvalue weighted by atomic mass is 10.2. The Morgan fingerprint density at radius 3 is 2.53 bits per heavy atom. The van der Waals surface area contributed by atoms with Crippen molar-refractivity contribution < 1.29 is 4.79 Å². The molecule has 0 aliphatic carbocycles. The van der Waals surface area contributed by atoms with Crippen molar-refractivity contribution in [3.8, 4) is 5.69 Å². The van der Waals surface area contributed by atoms with E-state index in [4.69, 9.17) is 0 Å². The van der Waals surface area contributed by atoms with Crippen molar-refractivity contribution in [3.05, 3.63) is 97.7 Å². The molecule has 0 spiro atoms. The van der Waals surface area contributed by atoms with E-state index in [1.165, 1.54) is 16.3 Å². The number of halogens is 2. The predicted molar refractivity (Wildman–Crippen MR) is 136 cm³/mol. The van der Waals surface area contributed by atoms with Gasteiger partial charge in [-0.2, -0.15) is 5.10 Å². The summed E-state index contributed by atoms with van der Waals surface area (Å²) in [4.78, 5) is 30.2. The molecule has 160 valence electrons. The summed E-state index contributed by atoms with van der Waals surface area (Å²) >= 11 is 8.02. The Hall–Kier alpha value is -2.75. The van der Waals surface area contributed by atoms with Gasteiger partial charge in [0.25, 0.3) is 11.5 Å². The first kappa shape index (κ1) is 22.4. The number of carbonyl (C=O) groups excluding carboxylic acids is 1. The van der Waals surface area contributed by atoms with Crippen LogP contribution in [0.3, 0.4) is 0 Å². The van der Waals surface area contributed by atoms with E-state index in [0.717, 1.165) is 14.5 Å². The van der Waals surface area contributed by atoms with Gasteiger partial charge in [0, 0.05) is 14.5 Å². The lowest BCUT2D eigenvalue weighted by molar-refractivity contribution is -0.118. The van der Waals surface area contributed by atoms with Crippen molar-refractivity contribution >= 4 is 66.6 Å². The summed E-state index contributed by atoms with van der Waals surface area (Å²) in [7, 11) is 0. The van der Waals surface area contributed by atoms with Crippen molar-refractivity contribution in [2.24, 2.45) is 5.10 Å². The molecule has 1 aromatic heterocycles. The van der Waals surface area contributed by atoms with Gasteiger partial charge >= 0.3 is 0 Å². The largest absolute Gasteiger partial charge is 0.272 e. The van der Waals surface area contributed by atoms with Crippen LogP contribution in [0.15, 0.2) is 96.8 Å². The molecule has 6 nitrogen and oxygen atoms in total. The second kappa shape index (κ2) is 10.2. The topological polar surface area (TPSA) is 76.3 Å². The number of para-hydroxylation sites is 1. The van der Waals surface area contributed by atoms with Gasteiger partial charge in [-0.05, 0) is 42.5 Å². The molecule has 1 N–H and O–H groups in total. The van der Waals surface area contributed by atoms with Crippen LogP contribution >= 0.6 is 43.6 Å². The van der Waals surface area contributed by atoms with Gasteiger partial charge in [0.2, 0.25) is 0 Å². The minimum atomic E-state index is -0.303. The number of aromatic nitrogens is 2. The molecular formula is C23H16Br2N4O2S. The Morgan fingerprint density at radius 2 is 1.75 bits per heavy atom. The van der Waals surface area contributed by atoms with E-state index in [2.05, 4.69) is 47.4 Å². The number of benzene rings is 3. The van der Waals surface area contributed by atoms with Gasteiger partial charge in [0.05, 0.1) is 28.6 Å². The monoisotopic (exact) mass is 570 g/mol. The van der Waals surface area contributed by atoms with E-state index in [9.17, 15) is 9.59 Å². The van der Waals surface area contributed by atoms with E-state index in [0.29, 0.717) is 21.7 Å². The maximum atomic E-state index is 13.2. The highest BCUT2D eigenvalue weighted by molar-refractivity contribution is 9.10. The molecule has 0 saturated heterocycles. The number of hydrazone groups is 1. The normalized spacial score (nSPS) is 11.2. The van der Waals surface area contributed by atoms with Crippen molar-refractivity contribution in [2.45, 2.75) is 5.16 Å². The zero-order valence-corrected chi connectivity index (χ0v) is 20.5. The molecule has 0 aliphatic heterocycles. The van der Waals surface area contributed by atoms with Gasteiger partial charge < -0.3 is 0 Å². The number of carbonyl (C=O) groups is 1. The molecule has 9 heteroatoms. The molecule has 0 bridgehead atoms. The summed E-state index contributed by atoms with van der Waals surface area (Å²) in [5, 5.41) is 4.96. The van der Waals surface area contributed by atoms with Crippen molar-refractivity contribution in [2.75, 3.05) is 5.75 Å². The zero-order chi connectivity index (χ0) is 22.5. The van der Waals surface area contributed by atoms with E-state index < -0.39 is 0 Å². The first-order chi connectivity index (χ1) is 15.5. The summed E-state index contributed by atoms with van der Waals surface area (Å²) in [6.07, 6.45) is 1.57. The molecule has 3 aromatic carbocycles. The Labute approximate surface area is 205 Å². The van der Waals surface area contributed by atoms with Gasteiger partial charge in [0.15, 0.2) is 5.16 Å². The third kappa shape index (κ3) is 5.17. The smallest absolute Gasteiger partial charge is 0.266 e. The second-order valence-electron chi connectivity index (χ2n) is 6.63. The number of hydrogen-bond acceptors (Lipinski definition) is 5. The Balaban J connectivity index is 1.57. The van der Waals surface area contributed by atoms with Gasteiger partial charge in [0.1, 0.15) is 0 Å². The van der Waals surface area contributed by atoms with Crippen LogP contribution < -0.4 is 11.0 Å². The number of hydrogen-bond donors (Lipinski definition) is 1. The third-order valence-corrected chi connectivity index (χ3v) is 6.65. The SMILES string of the molecule is O=C(CSc1nc2ccccc2c(=O)n1-c1ccc(Br)cc1)NN=Cc1ccccc1Br. The highest BCUT2D eigenvalue weighted by Gasteiger charge is 2.14. The fourth-order valence-corrected chi connectivity index (χ4v) is 4.40. The van der Waals surface area contributed by atoms with Gasteiger partial charge in [-0.15, -0.1) is 0 Å². The summed E-state index contributed by atoms with van der Waals surface area (Å²) in [6.45, 7) is 0. The molecular weight excluding hydrogens is 556 g/mol.